The van der Waals surface area contributed by atoms with Crippen molar-refractivity contribution >= 4 is 0 Å². The van der Waals surface area contributed by atoms with Crippen molar-refractivity contribution in [2.75, 3.05) is 13.1 Å². The lowest BCUT2D eigenvalue weighted by Gasteiger charge is -2.23. The highest BCUT2D eigenvalue weighted by Gasteiger charge is 2.13. The summed E-state index contributed by atoms with van der Waals surface area (Å²) in [6.07, 6.45) is 5.46. The van der Waals surface area contributed by atoms with Crippen LogP contribution in [0.15, 0.2) is 0 Å². The van der Waals surface area contributed by atoms with Crippen molar-refractivity contribution in [2.24, 2.45) is 5.73 Å². The molecule has 0 aromatic carbocycles. The van der Waals surface area contributed by atoms with E-state index in [2.05, 4.69) is 5.32 Å². The van der Waals surface area contributed by atoms with Crippen LogP contribution < -0.4 is 11.1 Å². The molecule has 3 heteroatoms. The van der Waals surface area contributed by atoms with Crippen LogP contribution in [0.4, 0.5) is 4.39 Å². The van der Waals surface area contributed by atoms with E-state index in [9.17, 15) is 4.39 Å². The number of halogens is 1. The lowest BCUT2D eigenvalue weighted by molar-refractivity contribution is 0.290. The van der Waals surface area contributed by atoms with Gasteiger partial charge in [0.05, 0.1) is 0 Å². The van der Waals surface area contributed by atoms with Crippen molar-refractivity contribution in [3.63, 3.8) is 0 Å². The minimum absolute atomic E-state index is 0.139. The van der Waals surface area contributed by atoms with E-state index in [4.69, 9.17) is 5.73 Å². The molecule has 1 saturated carbocycles. The second-order valence-electron chi connectivity index (χ2n) is 3.58. The summed E-state index contributed by atoms with van der Waals surface area (Å²) in [7, 11) is 0. The minimum Gasteiger partial charge on any atom is -0.328 e. The Bertz CT molecular complexity index is 113. The zero-order valence-corrected chi connectivity index (χ0v) is 7.56. The van der Waals surface area contributed by atoms with E-state index in [1.54, 1.807) is 0 Å². The second kappa shape index (κ2) is 5.49. The molecular weight excluding hydrogens is 155 g/mol. The lowest BCUT2D eigenvalue weighted by atomic mass is 9.95. The Morgan fingerprint density at radius 2 is 2.00 bits per heavy atom. The smallest absolute Gasteiger partial charge is 0.125 e. The molecule has 2 nitrogen and oxygen atoms in total. The number of hydrogen-bond donors (Lipinski definition) is 2. The van der Waals surface area contributed by atoms with Gasteiger partial charge in [-0.15, -0.1) is 0 Å². The zero-order valence-electron chi connectivity index (χ0n) is 7.56. The van der Waals surface area contributed by atoms with Gasteiger partial charge in [0.15, 0.2) is 0 Å². The predicted molar refractivity (Wildman–Crippen MR) is 48.8 cm³/mol. The summed E-state index contributed by atoms with van der Waals surface area (Å²) in [6.45, 7) is 0.570. The Morgan fingerprint density at radius 1 is 1.33 bits per heavy atom. The van der Waals surface area contributed by atoms with Gasteiger partial charge in [0.2, 0.25) is 0 Å². The van der Waals surface area contributed by atoms with Gasteiger partial charge in [-0.2, -0.15) is 0 Å². The van der Waals surface area contributed by atoms with Gasteiger partial charge >= 0.3 is 0 Å². The van der Waals surface area contributed by atoms with Crippen LogP contribution in [-0.2, 0) is 0 Å². The summed E-state index contributed by atoms with van der Waals surface area (Å²) in [5.41, 5.74) is 5.17. The molecule has 0 aromatic heterocycles. The molecule has 3 N–H and O–H groups in total. The highest BCUT2D eigenvalue weighted by molar-refractivity contribution is 4.73. The first kappa shape index (κ1) is 9.93. The van der Waals surface area contributed by atoms with Crippen LogP contribution in [-0.4, -0.2) is 25.3 Å². The van der Waals surface area contributed by atoms with E-state index >= 15 is 0 Å². The number of nitrogens with two attached hydrogens (primary N) is 1. The third-order valence-corrected chi connectivity index (χ3v) is 2.49. The van der Waals surface area contributed by atoms with E-state index in [0.717, 1.165) is 0 Å². The van der Waals surface area contributed by atoms with Crippen LogP contribution in [0.3, 0.4) is 0 Å². The fourth-order valence-corrected chi connectivity index (χ4v) is 1.68. The zero-order chi connectivity index (χ0) is 8.81. The second-order valence-corrected chi connectivity index (χ2v) is 3.58. The van der Waals surface area contributed by atoms with Gasteiger partial charge in [-0.05, 0) is 12.8 Å². The van der Waals surface area contributed by atoms with Crippen molar-refractivity contribution in [1.29, 1.82) is 0 Å². The van der Waals surface area contributed by atoms with Gasteiger partial charge in [-0.3, -0.25) is 0 Å². The first-order chi connectivity index (χ1) is 5.83. The maximum atomic E-state index is 12.7. The Kier molecular flexibility index (Phi) is 4.54. The van der Waals surface area contributed by atoms with Crippen LogP contribution in [0.1, 0.15) is 32.1 Å². The maximum Gasteiger partial charge on any atom is 0.125 e. The quantitative estimate of drug-likeness (QED) is 0.672. The van der Waals surface area contributed by atoms with Gasteiger partial charge in [0.1, 0.15) is 6.17 Å². The number of hydrogen-bond acceptors (Lipinski definition) is 2. The van der Waals surface area contributed by atoms with Gasteiger partial charge in [0.25, 0.3) is 0 Å². The normalized spacial score (nSPS) is 22.5. The Balaban J connectivity index is 2.05. The average Bonchev–Trinajstić information content (AvgIpc) is 2.16. The van der Waals surface area contributed by atoms with Gasteiger partial charge in [-0.1, -0.05) is 19.3 Å². The van der Waals surface area contributed by atoms with Crippen molar-refractivity contribution in [2.45, 2.75) is 44.3 Å². The highest BCUT2D eigenvalue weighted by atomic mass is 19.1. The molecule has 12 heavy (non-hydrogen) atoms. The molecule has 0 heterocycles. The number of rotatable bonds is 4. The predicted octanol–water partition coefficient (Wildman–Crippen LogP) is 1.21. The topological polar surface area (TPSA) is 38.0 Å². The molecule has 1 aliphatic carbocycles. The summed E-state index contributed by atoms with van der Waals surface area (Å²) in [4.78, 5) is 0. The summed E-state index contributed by atoms with van der Waals surface area (Å²) in [5.74, 6) is 0. The molecule has 0 aliphatic heterocycles. The standard InChI is InChI=1S/C9H19FN2/c10-8(6-11)7-12-9-4-2-1-3-5-9/h8-9,12H,1-7,11H2. The molecule has 0 radical (unpaired) electrons. The monoisotopic (exact) mass is 174 g/mol. The van der Waals surface area contributed by atoms with Crippen LogP contribution in [0.5, 0.6) is 0 Å². The molecule has 0 saturated heterocycles. The van der Waals surface area contributed by atoms with Crippen LogP contribution >= 0.6 is 0 Å². The van der Waals surface area contributed by atoms with Gasteiger partial charge < -0.3 is 11.1 Å². The largest absolute Gasteiger partial charge is 0.328 e. The summed E-state index contributed by atoms with van der Waals surface area (Å²) < 4.78 is 12.7. The molecule has 0 bridgehead atoms. The third kappa shape index (κ3) is 3.50. The van der Waals surface area contributed by atoms with Crippen LogP contribution in [0.25, 0.3) is 0 Å². The SMILES string of the molecule is NCC(F)CNC1CCCCC1. The molecule has 1 rings (SSSR count). The maximum absolute atomic E-state index is 12.7. The fraction of sp³-hybridized carbons (Fsp3) is 1.00. The minimum atomic E-state index is -0.869. The first-order valence-corrected chi connectivity index (χ1v) is 4.90. The fourth-order valence-electron chi connectivity index (χ4n) is 1.68. The van der Waals surface area contributed by atoms with Crippen molar-refractivity contribution in [3.05, 3.63) is 0 Å². The van der Waals surface area contributed by atoms with Crippen molar-refractivity contribution < 1.29 is 4.39 Å². The Morgan fingerprint density at radius 3 is 2.58 bits per heavy atom. The molecule has 0 amide bonds. The highest BCUT2D eigenvalue weighted by Crippen LogP contribution is 2.17. The molecule has 1 atom stereocenters. The third-order valence-electron chi connectivity index (χ3n) is 2.49. The Hall–Kier alpha value is -0.150. The molecule has 1 unspecified atom stereocenters. The van der Waals surface area contributed by atoms with Crippen LogP contribution in [0.2, 0.25) is 0 Å². The average molecular weight is 174 g/mol. The molecule has 0 aromatic rings. The Labute approximate surface area is 73.7 Å². The van der Waals surface area contributed by atoms with Crippen LogP contribution in [0, 0.1) is 0 Å². The number of nitrogens with one attached hydrogen (secondary N) is 1. The van der Waals surface area contributed by atoms with Gasteiger partial charge in [-0.25, -0.2) is 4.39 Å². The lowest BCUT2D eigenvalue weighted by Crippen LogP contribution is -2.37. The number of alkyl halides is 1. The summed E-state index contributed by atoms with van der Waals surface area (Å²) in [6, 6.07) is 0.545. The first-order valence-electron chi connectivity index (χ1n) is 4.90. The van der Waals surface area contributed by atoms with E-state index in [1.807, 2.05) is 0 Å². The summed E-state index contributed by atoms with van der Waals surface area (Å²) >= 11 is 0. The molecule has 0 spiro atoms. The van der Waals surface area contributed by atoms with Crippen molar-refractivity contribution in [1.82, 2.24) is 5.32 Å². The van der Waals surface area contributed by atoms with E-state index in [1.165, 1.54) is 32.1 Å². The van der Waals surface area contributed by atoms with Gasteiger partial charge in [0, 0.05) is 19.1 Å². The molecule has 1 fully saturated rings. The van der Waals surface area contributed by atoms with E-state index < -0.39 is 6.17 Å². The van der Waals surface area contributed by atoms with E-state index in [-0.39, 0.29) is 6.54 Å². The van der Waals surface area contributed by atoms with Crippen molar-refractivity contribution in [3.8, 4) is 0 Å². The van der Waals surface area contributed by atoms with E-state index in [0.29, 0.717) is 12.6 Å². The summed E-state index contributed by atoms with van der Waals surface area (Å²) in [5, 5.41) is 3.22. The molecule has 1 aliphatic rings. The molecule has 72 valence electrons. The molecular formula is C9H19FN2.